The molecule has 1 heterocycles. The molecule has 0 saturated carbocycles. The molecule has 2 aromatic carbocycles. The summed E-state index contributed by atoms with van der Waals surface area (Å²) in [6.07, 6.45) is -0.635. The fourth-order valence-corrected chi connectivity index (χ4v) is 2.51. The third-order valence-corrected chi connectivity index (χ3v) is 3.84. The maximum atomic E-state index is 13.7. The molecule has 1 N–H and O–H groups in total. The van der Waals surface area contributed by atoms with Crippen LogP contribution in [0.15, 0.2) is 48.5 Å². The summed E-state index contributed by atoms with van der Waals surface area (Å²) < 4.78 is 30.6. The number of halogens is 1. The van der Waals surface area contributed by atoms with Crippen LogP contribution < -0.4 is 19.5 Å². The Balaban J connectivity index is 1.54. The average molecular weight is 345 g/mol. The molecule has 0 fully saturated rings. The van der Waals surface area contributed by atoms with Gasteiger partial charge in [-0.05, 0) is 30.7 Å². The minimum Gasteiger partial charge on any atom is -0.486 e. The SMILES string of the molecule is CCC(Oc1ccccc1F)C(=O)NCC1COc2ccccc2O1. The summed E-state index contributed by atoms with van der Waals surface area (Å²) in [6.45, 7) is 2.44. The first-order valence-electron chi connectivity index (χ1n) is 8.24. The van der Waals surface area contributed by atoms with Crippen LogP contribution in [0.5, 0.6) is 17.2 Å². The van der Waals surface area contributed by atoms with Gasteiger partial charge in [-0.1, -0.05) is 31.2 Å². The Morgan fingerprint density at radius 3 is 2.72 bits per heavy atom. The highest BCUT2D eigenvalue weighted by atomic mass is 19.1. The van der Waals surface area contributed by atoms with Crippen LogP contribution in [0.1, 0.15) is 13.3 Å². The number of benzene rings is 2. The van der Waals surface area contributed by atoms with Crippen molar-refractivity contribution in [3.63, 3.8) is 0 Å². The van der Waals surface area contributed by atoms with Crippen LogP contribution >= 0.6 is 0 Å². The van der Waals surface area contributed by atoms with E-state index in [0.29, 0.717) is 24.5 Å². The van der Waals surface area contributed by atoms with Gasteiger partial charge in [0.15, 0.2) is 29.2 Å². The van der Waals surface area contributed by atoms with Gasteiger partial charge in [0.1, 0.15) is 12.7 Å². The predicted octanol–water partition coefficient (Wildman–Crippen LogP) is 2.94. The van der Waals surface area contributed by atoms with Crippen LogP contribution in [0.25, 0.3) is 0 Å². The maximum Gasteiger partial charge on any atom is 0.261 e. The second-order valence-electron chi connectivity index (χ2n) is 5.69. The van der Waals surface area contributed by atoms with Gasteiger partial charge in [0.2, 0.25) is 0 Å². The van der Waals surface area contributed by atoms with Gasteiger partial charge in [-0.2, -0.15) is 0 Å². The van der Waals surface area contributed by atoms with Crippen molar-refractivity contribution in [2.24, 2.45) is 0 Å². The van der Waals surface area contributed by atoms with Crippen molar-refractivity contribution < 1.29 is 23.4 Å². The van der Waals surface area contributed by atoms with Gasteiger partial charge in [-0.15, -0.1) is 0 Å². The van der Waals surface area contributed by atoms with E-state index >= 15 is 0 Å². The summed E-state index contributed by atoms with van der Waals surface area (Å²) in [6, 6.07) is 13.4. The Morgan fingerprint density at radius 1 is 1.24 bits per heavy atom. The van der Waals surface area contributed by atoms with Crippen LogP contribution in [0.2, 0.25) is 0 Å². The summed E-state index contributed by atoms with van der Waals surface area (Å²) in [5.41, 5.74) is 0. The summed E-state index contributed by atoms with van der Waals surface area (Å²) >= 11 is 0. The highest BCUT2D eigenvalue weighted by Gasteiger charge is 2.24. The number of amides is 1. The number of hydrogen-bond donors (Lipinski definition) is 1. The molecule has 0 saturated heterocycles. The highest BCUT2D eigenvalue weighted by molar-refractivity contribution is 5.81. The van der Waals surface area contributed by atoms with E-state index in [1.54, 1.807) is 12.1 Å². The molecule has 0 radical (unpaired) electrons. The number of ether oxygens (including phenoxy) is 3. The van der Waals surface area contributed by atoms with Gasteiger partial charge in [0.05, 0.1) is 6.54 Å². The lowest BCUT2D eigenvalue weighted by Gasteiger charge is -2.27. The molecule has 6 heteroatoms. The van der Waals surface area contributed by atoms with Crippen LogP contribution in [0.3, 0.4) is 0 Å². The first-order chi connectivity index (χ1) is 12.2. The highest BCUT2D eigenvalue weighted by Crippen LogP contribution is 2.30. The molecule has 1 aliphatic rings. The summed E-state index contributed by atoms with van der Waals surface area (Å²) in [4.78, 5) is 12.3. The Labute approximate surface area is 145 Å². The second-order valence-corrected chi connectivity index (χ2v) is 5.69. The van der Waals surface area contributed by atoms with Crippen LogP contribution in [-0.4, -0.2) is 31.3 Å². The average Bonchev–Trinajstić information content (AvgIpc) is 2.65. The molecule has 2 aromatic rings. The number of para-hydroxylation sites is 3. The lowest BCUT2D eigenvalue weighted by Crippen LogP contribution is -2.45. The van der Waals surface area contributed by atoms with Crippen molar-refractivity contribution in [2.45, 2.75) is 25.6 Å². The van der Waals surface area contributed by atoms with E-state index < -0.39 is 11.9 Å². The van der Waals surface area contributed by atoms with Crippen molar-refractivity contribution in [3.8, 4) is 17.2 Å². The Bertz CT molecular complexity index is 737. The summed E-state index contributed by atoms with van der Waals surface area (Å²) in [5, 5.41) is 2.78. The van der Waals surface area contributed by atoms with Crippen molar-refractivity contribution in [1.82, 2.24) is 5.32 Å². The zero-order chi connectivity index (χ0) is 17.6. The monoisotopic (exact) mass is 345 g/mol. The molecule has 0 spiro atoms. The van der Waals surface area contributed by atoms with Crippen LogP contribution in [0.4, 0.5) is 4.39 Å². The zero-order valence-electron chi connectivity index (χ0n) is 13.9. The smallest absolute Gasteiger partial charge is 0.261 e. The normalized spacial score (nSPS) is 16.8. The second kappa shape index (κ2) is 7.88. The van der Waals surface area contributed by atoms with Gasteiger partial charge in [-0.3, -0.25) is 4.79 Å². The van der Waals surface area contributed by atoms with Gasteiger partial charge in [0, 0.05) is 0 Å². The van der Waals surface area contributed by atoms with Crippen LogP contribution in [0, 0.1) is 5.82 Å². The Morgan fingerprint density at radius 2 is 1.96 bits per heavy atom. The van der Waals surface area contributed by atoms with E-state index in [9.17, 15) is 9.18 Å². The topological polar surface area (TPSA) is 56.8 Å². The van der Waals surface area contributed by atoms with E-state index in [2.05, 4.69) is 5.32 Å². The number of carbonyl (C=O) groups is 1. The molecule has 25 heavy (non-hydrogen) atoms. The van der Waals surface area contributed by atoms with E-state index in [-0.39, 0.29) is 24.3 Å². The molecule has 1 aliphatic heterocycles. The molecule has 132 valence electrons. The van der Waals surface area contributed by atoms with Gasteiger partial charge in [0.25, 0.3) is 5.91 Å². The quantitative estimate of drug-likeness (QED) is 0.875. The number of fused-ring (bicyclic) bond motifs is 1. The van der Waals surface area contributed by atoms with E-state index in [1.807, 2.05) is 31.2 Å². The first kappa shape index (κ1) is 17.1. The van der Waals surface area contributed by atoms with Gasteiger partial charge >= 0.3 is 0 Å². The standard InChI is InChI=1S/C19H20FNO4/c1-2-15(25-16-8-4-3-7-14(16)20)19(22)21-11-13-12-23-17-9-5-6-10-18(17)24-13/h3-10,13,15H,2,11-12H2,1H3,(H,21,22). The van der Waals surface area contributed by atoms with E-state index in [1.165, 1.54) is 12.1 Å². The molecule has 5 nitrogen and oxygen atoms in total. The largest absolute Gasteiger partial charge is 0.486 e. The van der Waals surface area contributed by atoms with E-state index in [0.717, 1.165) is 0 Å². The Kier molecular flexibility index (Phi) is 5.38. The Hall–Kier alpha value is -2.76. The molecular weight excluding hydrogens is 325 g/mol. The first-order valence-corrected chi connectivity index (χ1v) is 8.24. The van der Waals surface area contributed by atoms with Crippen molar-refractivity contribution in [1.29, 1.82) is 0 Å². The third-order valence-electron chi connectivity index (χ3n) is 3.84. The zero-order valence-corrected chi connectivity index (χ0v) is 13.9. The lowest BCUT2D eigenvalue weighted by atomic mass is 10.2. The molecule has 0 bridgehead atoms. The van der Waals surface area contributed by atoms with Gasteiger partial charge in [-0.25, -0.2) is 4.39 Å². The predicted molar refractivity (Wildman–Crippen MR) is 90.5 cm³/mol. The number of carbonyl (C=O) groups excluding carboxylic acids is 1. The van der Waals surface area contributed by atoms with Crippen molar-refractivity contribution in [2.75, 3.05) is 13.2 Å². The molecule has 2 unspecified atom stereocenters. The molecule has 2 atom stereocenters. The van der Waals surface area contributed by atoms with Crippen molar-refractivity contribution in [3.05, 3.63) is 54.3 Å². The minimum atomic E-state index is -0.770. The van der Waals surface area contributed by atoms with E-state index in [4.69, 9.17) is 14.2 Å². The minimum absolute atomic E-state index is 0.0654. The summed E-state index contributed by atoms with van der Waals surface area (Å²) in [5.74, 6) is 0.611. The fraction of sp³-hybridized carbons (Fsp3) is 0.316. The van der Waals surface area contributed by atoms with Gasteiger partial charge < -0.3 is 19.5 Å². The summed E-state index contributed by atoms with van der Waals surface area (Å²) in [7, 11) is 0. The fourth-order valence-electron chi connectivity index (χ4n) is 2.51. The number of hydrogen-bond acceptors (Lipinski definition) is 4. The lowest BCUT2D eigenvalue weighted by molar-refractivity contribution is -0.128. The van der Waals surface area contributed by atoms with Crippen molar-refractivity contribution >= 4 is 5.91 Å². The number of nitrogens with one attached hydrogen (secondary N) is 1. The molecule has 1 amide bonds. The third kappa shape index (κ3) is 4.21. The maximum absolute atomic E-state index is 13.7. The van der Waals surface area contributed by atoms with Crippen LogP contribution in [-0.2, 0) is 4.79 Å². The molecular formula is C19H20FNO4. The molecule has 0 aromatic heterocycles. The number of rotatable bonds is 6. The molecule has 3 rings (SSSR count). The molecule has 0 aliphatic carbocycles.